The van der Waals surface area contributed by atoms with Crippen LogP contribution in [0.1, 0.15) is 58.6 Å². The van der Waals surface area contributed by atoms with Crippen molar-refractivity contribution in [1.82, 2.24) is 30.5 Å². The van der Waals surface area contributed by atoms with E-state index in [-0.39, 0.29) is 28.7 Å². The Morgan fingerprint density at radius 2 is 1.82 bits per heavy atom. The first-order valence-electron chi connectivity index (χ1n) is 11.2. The number of carbonyl (C=O) groups is 1. The van der Waals surface area contributed by atoms with Crippen LogP contribution in [-0.4, -0.2) is 47.2 Å². The number of hydrogen-bond donors (Lipinski definition) is 2. The highest BCUT2D eigenvalue weighted by atomic mass is 16.3. The molecule has 3 heterocycles. The highest BCUT2D eigenvalue weighted by Gasteiger charge is 2.39. The number of phenolic OH excluding ortho intramolecular Hbond substituents is 1. The van der Waals surface area contributed by atoms with Crippen molar-refractivity contribution < 1.29 is 9.90 Å². The Kier molecular flexibility index (Phi) is 4.93. The highest BCUT2D eigenvalue weighted by Crippen LogP contribution is 2.37. The van der Waals surface area contributed by atoms with Crippen molar-refractivity contribution in [2.75, 3.05) is 0 Å². The molecule has 1 fully saturated rings. The minimum absolute atomic E-state index is 0.0286. The predicted molar refractivity (Wildman–Crippen MR) is 127 cm³/mol. The second-order valence-electron chi connectivity index (χ2n) is 10.3. The van der Waals surface area contributed by atoms with Gasteiger partial charge in [-0.05, 0) is 75.9 Å². The van der Waals surface area contributed by atoms with E-state index < -0.39 is 0 Å². The molecule has 170 valence electrons. The SMILES string of the molecule is CC1(C)CC(n2nnc3cc(-c4ccc(C5=CC(=O)CC=C5)cc4O)nnc32)CC(C)(C)N1. The van der Waals surface area contributed by atoms with E-state index in [1.807, 2.05) is 22.9 Å². The summed E-state index contributed by atoms with van der Waals surface area (Å²) < 4.78 is 1.89. The molecule has 1 aliphatic carbocycles. The number of carbonyl (C=O) groups excluding carboxylic acids is 1. The minimum Gasteiger partial charge on any atom is -0.507 e. The van der Waals surface area contributed by atoms with Gasteiger partial charge in [-0.3, -0.25) is 4.79 Å². The normalized spacial score (nSPS) is 20.2. The summed E-state index contributed by atoms with van der Waals surface area (Å²) in [5, 5.41) is 32.0. The molecule has 1 aromatic carbocycles. The molecule has 0 bridgehead atoms. The summed E-state index contributed by atoms with van der Waals surface area (Å²) in [4.78, 5) is 11.7. The summed E-state index contributed by atoms with van der Waals surface area (Å²) >= 11 is 0. The maximum absolute atomic E-state index is 11.7. The molecular formula is C25H28N6O2. The number of aromatic nitrogens is 5. The third kappa shape index (κ3) is 4.18. The lowest BCUT2D eigenvalue weighted by atomic mass is 9.80. The lowest BCUT2D eigenvalue weighted by Gasteiger charge is -2.46. The standard InChI is InChI=1S/C25H28N6O2/c1-24(2)13-17(14-25(3,4)29-24)31-23-21(27-30-31)12-20(26-28-23)19-9-8-16(11-22(19)33)15-6-5-7-18(32)10-15/h5-6,8-12,17,29,33H,7,13-14H2,1-4H3. The van der Waals surface area contributed by atoms with E-state index in [4.69, 9.17) is 0 Å². The first-order chi connectivity index (χ1) is 15.6. The number of fused-ring (bicyclic) bond motifs is 1. The molecule has 1 aliphatic heterocycles. The Labute approximate surface area is 192 Å². The second kappa shape index (κ2) is 7.59. The lowest BCUT2D eigenvalue weighted by Crippen LogP contribution is -2.58. The fraction of sp³-hybridized carbons (Fsp3) is 0.400. The molecule has 33 heavy (non-hydrogen) atoms. The number of phenols is 1. The molecule has 0 unspecified atom stereocenters. The third-order valence-corrected chi connectivity index (χ3v) is 6.28. The van der Waals surface area contributed by atoms with Gasteiger partial charge in [-0.1, -0.05) is 23.4 Å². The van der Waals surface area contributed by atoms with Crippen molar-refractivity contribution in [1.29, 1.82) is 0 Å². The van der Waals surface area contributed by atoms with E-state index in [1.165, 1.54) is 0 Å². The van der Waals surface area contributed by atoms with Crippen LogP contribution in [0.2, 0.25) is 0 Å². The van der Waals surface area contributed by atoms with E-state index in [0.717, 1.165) is 24.0 Å². The molecule has 5 rings (SSSR count). The van der Waals surface area contributed by atoms with Gasteiger partial charge in [0.2, 0.25) is 5.65 Å². The Hall–Kier alpha value is -3.39. The summed E-state index contributed by atoms with van der Waals surface area (Å²) in [6.45, 7) is 8.80. The van der Waals surface area contributed by atoms with E-state index >= 15 is 0 Å². The minimum atomic E-state index is -0.0286. The largest absolute Gasteiger partial charge is 0.507 e. The Bertz CT molecular complexity index is 1300. The number of piperidine rings is 1. The molecule has 0 spiro atoms. The first kappa shape index (κ1) is 21.5. The quantitative estimate of drug-likeness (QED) is 0.629. The van der Waals surface area contributed by atoms with Gasteiger partial charge in [0.05, 0.1) is 11.7 Å². The molecule has 3 aromatic rings. The Balaban J connectivity index is 1.47. The molecule has 0 radical (unpaired) electrons. The predicted octanol–water partition coefficient (Wildman–Crippen LogP) is 3.99. The van der Waals surface area contributed by atoms with Crippen molar-refractivity contribution in [2.45, 2.75) is 64.1 Å². The van der Waals surface area contributed by atoms with Gasteiger partial charge in [-0.25, -0.2) is 4.68 Å². The van der Waals surface area contributed by atoms with Crippen molar-refractivity contribution in [2.24, 2.45) is 0 Å². The molecule has 0 amide bonds. The number of hydrogen-bond acceptors (Lipinski definition) is 7. The van der Waals surface area contributed by atoms with Gasteiger partial charge in [-0.15, -0.1) is 15.3 Å². The monoisotopic (exact) mass is 444 g/mol. The second-order valence-corrected chi connectivity index (χ2v) is 10.3. The summed E-state index contributed by atoms with van der Waals surface area (Å²) in [5.74, 6) is 0.124. The number of ketones is 1. The lowest BCUT2D eigenvalue weighted by molar-refractivity contribution is -0.113. The maximum Gasteiger partial charge on any atom is 0.201 e. The first-order valence-corrected chi connectivity index (χ1v) is 11.2. The highest BCUT2D eigenvalue weighted by molar-refractivity contribution is 6.02. The molecule has 2 aromatic heterocycles. The number of allylic oxidation sites excluding steroid dienone is 4. The van der Waals surface area contributed by atoms with Gasteiger partial charge < -0.3 is 10.4 Å². The average molecular weight is 445 g/mol. The zero-order valence-corrected chi connectivity index (χ0v) is 19.3. The smallest absolute Gasteiger partial charge is 0.201 e. The number of aromatic hydroxyl groups is 1. The van der Waals surface area contributed by atoms with Crippen molar-refractivity contribution in [3.8, 4) is 17.0 Å². The fourth-order valence-electron chi connectivity index (χ4n) is 5.26. The topological polar surface area (TPSA) is 106 Å². The van der Waals surface area contributed by atoms with Crippen molar-refractivity contribution >= 4 is 22.5 Å². The van der Waals surface area contributed by atoms with E-state index in [1.54, 1.807) is 24.3 Å². The molecule has 2 N–H and O–H groups in total. The molecule has 1 saturated heterocycles. The molecule has 0 saturated carbocycles. The molecular weight excluding hydrogens is 416 g/mol. The number of rotatable bonds is 3. The number of nitrogens with zero attached hydrogens (tertiary/aromatic N) is 5. The average Bonchev–Trinajstić information content (AvgIpc) is 3.15. The van der Waals surface area contributed by atoms with E-state index in [9.17, 15) is 9.90 Å². The van der Waals surface area contributed by atoms with Gasteiger partial charge >= 0.3 is 0 Å². The number of nitrogens with one attached hydrogen (secondary N) is 1. The zero-order valence-electron chi connectivity index (χ0n) is 19.3. The van der Waals surface area contributed by atoms with Crippen LogP contribution in [0.25, 0.3) is 28.0 Å². The van der Waals surface area contributed by atoms with Crippen molar-refractivity contribution in [3.63, 3.8) is 0 Å². The summed E-state index contributed by atoms with van der Waals surface area (Å²) in [7, 11) is 0. The van der Waals surface area contributed by atoms with Crippen LogP contribution < -0.4 is 5.32 Å². The summed E-state index contributed by atoms with van der Waals surface area (Å²) in [6, 6.07) is 7.27. The van der Waals surface area contributed by atoms with Gasteiger partial charge in [0.15, 0.2) is 5.78 Å². The van der Waals surface area contributed by atoms with Crippen molar-refractivity contribution in [3.05, 3.63) is 48.1 Å². The van der Waals surface area contributed by atoms with Crippen LogP contribution >= 0.6 is 0 Å². The van der Waals surface area contributed by atoms with Crippen LogP contribution in [0.4, 0.5) is 0 Å². The fourth-order valence-corrected chi connectivity index (χ4v) is 5.26. The van der Waals surface area contributed by atoms with E-state index in [0.29, 0.717) is 28.8 Å². The summed E-state index contributed by atoms with van der Waals surface area (Å²) in [5.41, 5.74) is 3.86. The van der Waals surface area contributed by atoms with Crippen LogP contribution in [0.3, 0.4) is 0 Å². The van der Waals surface area contributed by atoms with Crippen LogP contribution in [0.15, 0.2) is 42.5 Å². The van der Waals surface area contributed by atoms with Crippen LogP contribution in [0.5, 0.6) is 5.75 Å². The molecule has 8 heteroatoms. The van der Waals surface area contributed by atoms with Crippen LogP contribution in [0, 0.1) is 0 Å². The number of benzene rings is 1. The third-order valence-electron chi connectivity index (χ3n) is 6.28. The zero-order chi connectivity index (χ0) is 23.4. The summed E-state index contributed by atoms with van der Waals surface area (Å²) in [6.07, 6.45) is 7.55. The molecule has 8 nitrogen and oxygen atoms in total. The van der Waals surface area contributed by atoms with Gasteiger partial charge in [0.25, 0.3) is 0 Å². The maximum atomic E-state index is 11.7. The van der Waals surface area contributed by atoms with Crippen LogP contribution in [-0.2, 0) is 4.79 Å². The Morgan fingerprint density at radius 1 is 1.06 bits per heavy atom. The molecule has 0 atom stereocenters. The Morgan fingerprint density at radius 3 is 2.52 bits per heavy atom. The van der Waals surface area contributed by atoms with Gasteiger partial charge in [0, 0.05) is 23.1 Å². The van der Waals surface area contributed by atoms with Gasteiger partial charge in [0.1, 0.15) is 11.3 Å². The molecule has 2 aliphatic rings. The van der Waals surface area contributed by atoms with Gasteiger partial charge in [-0.2, -0.15) is 0 Å². The van der Waals surface area contributed by atoms with E-state index in [2.05, 4.69) is 53.5 Å².